The number of hydrogen-bond donors (Lipinski definition) is 0. The van der Waals surface area contributed by atoms with Crippen LogP contribution < -0.4 is 0 Å². The van der Waals surface area contributed by atoms with Crippen molar-refractivity contribution in [1.29, 1.82) is 0 Å². The van der Waals surface area contributed by atoms with Crippen molar-refractivity contribution in [2.75, 3.05) is 12.4 Å². The lowest BCUT2D eigenvalue weighted by Gasteiger charge is -2.17. The number of ether oxygens (including phenoxy) is 2. The van der Waals surface area contributed by atoms with Crippen LogP contribution in [-0.4, -0.2) is 29.9 Å². The third-order valence-corrected chi connectivity index (χ3v) is 3.35. The third-order valence-electron chi connectivity index (χ3n) is 2.36. The van der Waals surface area contributed by atoms with Gasteiger partial charge in [-0.05, 0) is 51.5 Å². The topological polar surface area (TPSA) is 52.6 Å². The molecule has 0 atom stereocenters. The van der Waals surface area contributed by atoms with Gasteiger partial charge in [0.1, 0.15) is 5.60 Å². The number of carbonyl (C=O) groups excluding carboxylic acids is 2. The standard InChI is InChI=1S/C17H22O4S/c1-5-20-16(19)12-22-14-9-6-13(7-10-14)8-11-15(18)21-17(2,3)4/h6-11H,5,12H2,1-4H3. The van der Waals surface area contributed by atoms with Crippen LogP contribution in [0.4, 0.5) is 0 Å². The predicted octanol–water partition coefficient (Wildman–Crippen LogP) is 3.70. The summed E-state index contributed by atoms with van der Waals surface area (Å²) in [6, 6.07) is 7.57. The molecule has 0 saturated carbocycles. The Morgan fingerprint density at radius 1 is 1.18 bits per heavy atom. The molecule has 0 aliphatic heterocycles. The van der Waals surface area contributed by atoms with Gasteiger partial charge in [0.05, 0.1) is 12.4 Å². The second-order valence-corrected chi connectivity index (χ2v) is 6.58. The zero-order valence-electron chi connectivity index (χ0n) is 13.4. The summed E-state index contributed by atoms with van der Waals surface area (Å²) in [5, 5.41) is 0. The molecule has 0 aliphatic rings. The molecule has 0 aliphatic carbocycles. The summed E-state index contributed by atoms with van der Waals surface area (Å²) in [6.07, 6.45) is 3.11. The second kappa shape index (κ2) is 8.63. The lowest BCUT2D eigenvalue weighted by Crippen LogP contribution is -2.22. The maximum Gasteiger partial charge on any atom is 0.331 e. The fraction of sp³-hybridized carbons (Fsp3) is 0.412. The minimum atomic E-state index is -0.491. The van der Waals surface area contributed by atoms with Gasteiger partial charge in [0, 0.05) is 11.0 Å². The first-order valence-electron chi connectivity index (χ1n) is 7.09. The van der Waals surface area contributed by atoms with E-state index in [1.165, 1.54) is 17.8 Å². The molecular formula is C17H22O4S. The van der Waals surface area contributed by atoms with Crippen molar-refractivity contribution in [2.24, 2.45) is 0 Å². The van der Waals surface area contributed by atoms with Crippen LogP contribution in [0.5, 0.6) is 0 Å². The molecule has 0 saturated heterocycles. The maximum atomic E-state index is 11.6. The zero-order valence-corrected chi connectivity index (χ0v) is 14.2. The number of rotatable bonds is 6. The van der Waals surface area contributed by atoms with Gasteiger partial charge in [0.15, 0.2) is 0 Å². The molecule has 4 nitrogen and oxygen atoms in total. The van der Waals surface area contributed by atoms with E-state index in [2.05, 4.69) is 0 Å². The molecule has 1 aromatic carbocycles. The smallest absolute Gasteiger partial charge is 0.331 e. The van der Waals surface area contributed by atoms with E-state index in [1.54, 1.807) is 13.0 Å². The van der Waals surface area contributed by atoms with Gasteiger partial charge in [-0.25, -0.2) is 4.79 Å². The maximum absolute atomic E-state index is 11.6. The van der Waals surface area contributed by atoms with Crippen LogP contribution in [0.25, 0.3) is 6.08 Å². The van der Waals surface area contributed by atoms with Crippen LogP contribution in [0.1, 0.15) is 33.3 Å². The monoisotopic (exact) mass is 322 g/mol. The van der Waals surface area contributed by atoms with Crippen molar-refractivity contribution in [1.82, 2.24) is 0 Å². The van der Waals surface area contributed by atoms with E-state index in [1.807, 2.05) is 45.0 Å². The first-order chi connectivity index (χ1) is 10.3. The van der Waals surface area contributed by atoms with Gasteiger partial charge in [-0.3, -0.25) is 4.79 Å². The fourth-order valence-electron chi connectivity index (χ4n) is 1.52. The van der Waals surface area contributed by atoms with Crippen LogP contribution >= 0.6 is 11.8 Å². The Labute approximate surface area is 135 Å². The SMILES string of the molecule is CCOC(=O)CSc1ccc(C=CC(=O)OC(C)(C)C)cc1. The summed E-state index contributed by atoms with van der Waals surface area (Å²) >= 11 is 1.42. The van der Waals surface area contributed by atoms with E-state index in [9.17, 15) is 9.59 Å². The summed E-state index contributed by atoms with van der Waals surface area (Å²) in [4.78, 5) is 23.8. The molecule has 0 radical (unpaired) electrons. The third kappa shape index (κ3) is 7.88. The molecule has 0 unspecified atom stereocenters. The van der Waals surface area contributed by atoms with Gasteiger partial charge >= 0.3 is 11.9 Å². The molecule has 5 heteroatoms. The largest absolute Gasteiger partial charge is 0.465 e. The highest BCUT2D eigenvalue weighted by Crippen LogP contribution is 2.19. The fourth-order valence-corrected chi connectivity index (χ4v) is 2.22. The Balaban J connectivity index is 2.51. The van der Waals surface area contributed by atoms with Gasteiger partial charge < -0.3 is 9.47 Å². The average molecular weight is 322 g/mol. The molecule has 0 heterocycles. The van der Waals surface area contributed by atoms with Gasteiger partial charge in [-0.1, -0.05) is 12.1 Å². The number of benzene rings is 1. The molecule has 22 heavy (non-hydrogen) atoms. The van der Waals surface area contributed by atoms with Gasteiger partial charge in [0.25, 0.3) is 0 Å². The first-order valence-corrected chi connectivity index (χ1v) is 8.08. The summed E-state index contributed by atoms with van der Waals surface area (Å²) in [5.41, 5.74) is 0.404. The second-order valence-electron chi connectivity index (χ2n) is 5.53. The van der Waals surface area contributed by atoms with Crippen LogP contribution in [-0.2, 0) is 19.1 Å². The van der Waals surface area contributed by atoms with Crippen LogP contribution in [0.3, 0.4) is 0 Å². The van der Waals surface area contributed by atoms with Crippen molar-refractivity contribution in [3.8, 4) is 0 Å². The molecule has 0 bridgehead atoms. The number of hydrogen-bond acceptors (Lipinski definition) is 5. The molecule has 0 fully saturated rings. The Bertz CT molecular complexity index is 527. The summed E-state index contributed by atoms with van der Waals surface area (Å²) in [7, 11) is 0. The van der Waals surface area contributed by atoms with Crippen LogP contribution in [0.2, 0.25) is 0 Å². The Hall–Kier alpha value is -1.75. The van der Waals surface area contributed by atoms with Gasteiger partial charge in [-0.2, -0.15) is 0 Å². The quantitative estimate of drug-likeness (QED) is 0.454. The molecule has 1 aromatic rings. The van der Waals surface area contributed by atoms with E-state index in [0.29, 0.717) is 12.4 Å². The van der Waals surface area contributed by atoms with E-state index < -0.39 is 5.60 Å². The van der Waals surface area contributed by atoms with Crippen LogP contribution in [0.15, 0.2) is 35.2 Å². The van der Waals surface area contributed by atoms with E-state index in [4.69, 9.17) is 9.47 Å². The summed E-state index contributed by atoms with van der Waals surface area (Å²) < 4.78 is 10.1. The molecule has 0 aromatic heterocycles. The number of esters is 2. The highest BCUT2D eigenvalue weighted by Gasteiger charge is 2.13. The molecule has 120 valence electrons. The van der Waals surface area contributed by atoms with Crippen molar-refractivity contribution >= 4 is 29.8 Å². The Morgan fingerprint density at radius 2 is 1.82 bits per heavy atom. The average Bonchev–Trinajstić information content (AvgIpc) is 2.42. The van der Waals surface area contributed by atoms with Crippen molar-refractivity contribution < 1.29 is 19.1 Å². The van der Waals surface area contributed by atoms with Crippen LogP contribution in [0, 0.1) is 0 Å². The predicted molar refractivity (Wildman–Crippen MR) is 88.7 cm³/mol. The lowest BCUT2D eigenvalue weighted by atomic mass is 10.2. The molecular weight excluding hydrogens is 300 g/mol. The molecule has 0 amide bonds. The molecule has 0 N–H and O–H groups in total. The number of thioether (sulfide) groups is 1. The van der Waals surface area contributed by atoms with E-state index >= 15 is 0 Å². The van der Waals surface area contributed by atoms with E-state index in [0.717, 1.165) is 10.5 Å². The normalized spacial score (nSPS) is 11.5. The van der Waals surface area contributed by atoms with Gasteiger partial charge in [-0.15, -0.1) is 11.8 Å². The first kappa shape index (κ1) is 18.3. The minimum Gasteiger partial charge on any atom is -0.465 e. The number of carbonyl (C=O) groups is 2. The van der Waals surface area contributed by atoms with Crippen molar-refractivity contribution in [2.45, 2.75) is 38.2 Å². The minimum absolute atomic E-state index is 0.221. The lowest BCUT2D eigenvalue weighted by molar-refractivity contribution is -0.148. The highest BCUT2D eigenvalue weighted by atomic mass is 32.2. The molecule has 1 rings (SSSR count). The Kier molecular flexibility index (Phi) is 7.18. The summed E-state index contributed by atoms with van der Waals surface area (Å²) in [6.45, 7) is 7.67. The van der Waals surface area contributed by atoms with Gasteiger partial charge in [0.2, 0.25) is 0 Å². The zero-order chi connectivity index (χ0) is 16.6. The molecule has 0 spiro atoms. The Morgan fingerprint density at radius 3 is 2.36 bits per heavy atom. The van der Waals surface area contributed by atoms with E-state index in [-0.39, 0.29) is 11.9 Å². The van der Waals surface area contributed by atoms with Crippen molar-refractivity contribution in [3.05, 3.63) is 35.9 Å². The summed E-state index contributed by atoms with van der Waals surface area (Å²) in [5.74, 6) is -0.296. The van der Waals surface area contributed by atoms with Crippen molar-refractivity contribution in [3.63, 3.8) is 0 Å². The highest BCUT2D eigenvalue weighted by molar-refractivity contribution is 8.00.